The van der Waals surface area contributed by atoms with Crippen LogP contribution in [-0.4, -0.2) is 35.1 Å². The standard InChI is InChI=1S/C20H14BrN3O4S/c21-14-3-5-15(6-4-14)23-18(25)12-24-19(26)17(29-20(24)27)11-13-1-7-16(8-2-13)28-10-9-22/h1-8,11H,10,12H2,(H,23,25)/b17-11-. The van der Waals surface area contributed by atoms with Gasteiger partial charge in [0.15, 0.2) is 6.61 Å². The van der Waals surface area contributed by atoms with E-state index in [0.29, 0.717) is 17.0 Å². The number of imide groups is 1. The lowest BCUT2D eigenvalue weighted by molar-refractivity contribution is -0.127. The van der Waals surface area contributed by atoms with Crippen molar-refractivity contribution in [2.45, 2.75) is 0 Å². The van der Waals surface area contributed by atoms with Gasteiger partial charge in [0.2, 0.25) is 5.91 Å². The number of hydrogen-bond donors (Lipinski definition) is 1. The van der Waals surface area contributed by atoms with Crippen LogP contribution in [0.15, 0.2) is 57.9 Å². The van der Waals surface area contributed by atoms with E-state index in [4.69, 9.17) is 10.00 Å². The summed E-state index contributed by atoms with van der Waals surface area (Å²) in [7, 11) is 0. The third-order valence-corrected chi connectivity index (χ3v) is 5.22. The van der Waals surface area contributed by atoms with E-state index in [9.17, 15) is 14.4 Å². The molecule has 7 nitrogen and oxygen atoms in total. The van der Waals surface area contributed by atoms with Gasteiger partial charge in [-0.3, -0.25) is 19.3 Å². The predicted molar refractivity (Wildman–Crippen MR) is 113 cm³/mol. The summed E-state index contributed by atoms with van der Waals surface area (Å²) >= 11 is 4.09. The van der Waals surface area contributed by atoms with Crippen LogP contribution in [-0.2, 0) is 9.59 Å². The van der Waals surface area contributed by atoms with E-state index in [-0.39, 0.29) is 18.1 Å². The highest BCUT2D eigenvalue weighted by atomic mass is 79.9. The Morgan fingerprint density at radius 3 is 2.52 bits per heavy atom. The van der Waals surface area contributed by atoms with Crippen LogP contribution in [0.3, 0.4) is 0 Å². The minimum absolute atomic E-state index is 0.0550. The number of rotatable bonds is 6. The minimum Gasteiger partial charge on any atom is -0.479 e. The molecule has 1 heterocycles. The van der Waals surface area contributed by atoms with Gasteiger partial charge in [0.25, 0.3) is 11.1 Å². The van der Waals surface area contributed by atoms with Gasteiger partial charge in [-0.1, -0.05) is 28.1 Å². The van der Waals surface area contributed by atoms with Gasteiger partial charge in [0, 0.05) is 10.2 Å². The topological polar surface area (TPSA) is 99.5 Å². The first kappa shape index (κ1) is 20.6. The Hall–Kier alpha value is -3.09. The molecule has 2 aromatic carbocycles. The van der Waals surface area contributed by atoms with E-state index >= 15 is 0 Å². The maximum absolute atomic E-state index is 12.5. The number of halogens is 1. The van der Waals surface area contributed by atoms with Gasteiger partial charge in [-0.25, -0.2) is 0 Å². The van der Waals surface area contributed by atoms with Crippen LogP contribution in [0, 0.1) is 11.3 Å². The second-order valence-electron chi connectivity index (χ2n) is 5.84. The monoisotopic (exact) mass is 471 g/mol. The molecule has 9 heteroatoms. The molecule has 0 aromatic heterocycles. The SMILES string of the molecule is N#CCOc1ccc(/C=C2\SC(=O)N(CC(=O)Nc3ccc(Br)cc3)C2=O)cc1. The van der Waals surface area contributed by atoms with Crippen molar-refractivity contribution in [2.24, 2.45) is 0 Å². The van der Waals surface area contributed by atoms with Crippen molar-refractivity contribution in [3.05, 3.63) is 63.5 Å². The maximum atomic E-state index is 12.5. The summed E-state index contributed by atoms with van der Waals surface area (Å²) in [5, 5.41) is 10.7. The van der Waals surface area contributed by atoms with Gasteiger partial charge >= 0.3 is 0 Å². The summed E-state index contributed by atoms with van der Waals surface area (Å²) in [6.45, 7) is -0.417. The van der Waals surface area contributed by atoms with Crippen LogP contribution in [0.25, 0.3) is 6.08 Å². The largest absolute Gasteiger partial charge is 0.479 e. The van der Waals surface area contributed by atoms with Crippen molar-refractivity contribution >= 4 is 56.5 Å². The highest BCUT2D eigenvalue weighted by Gasteiger charge is 2.36. The number of carbonyl (C=O) groups excluding carboxylic acids is 3. The van der Waals surface area contributed by atoms with Gasteiger partial charge in [-0.2, -0.15) is 5.26 Å². The summed E-state index contributed by atoms with van der Waals surface area (Å²) < 4.78 is 6.04. The number of benzene rings is 2. The molecule has 1 aliphatic heterocycles. The van der Waals surface area contributed by atoms with E-state index in [0.717, 1.165) is 21.1 Å². The number of hydrogen-bond acceptors (Lipinski definition) is 6. The molecule has 2 aromatic rings. The van der Waals surface area contributed by atoms with Crippen molar-refractivity contribution in [1.82, 2.24) is 4.90 Å². The Balaban J connectivity index is 1.64. The average Bonchev–Trinajstić information content (AvgIpc) is 2.96. The van der Waals surface area contributed by atoms with Crippen LogP contribution < -0.4 is 10.1 Å². The number of thioether (sulfide) groups is 1. The molecule has 1 aliphatic rings. The number of nitrogens with zero attached hydrogens (tertiary/aromatic N) is 2. The fraction of sp³-hybridized carbons (Fsp3) is 0.100. The van der Waals surface area contributed by atoms with Gasteiger partial charge in [-0.15, -0.1) is 0 Å². The van der Waals surface area contributed by atoms with Crippen LogP contribution in [0.5, 0.6) is 5.75 Å². The van der Waals surface area contributed by atoms with Gasteiger partial charge in [0.1, 0.15) is 18.4 Å². The van der Waals surface area contributed by atoms with Crippen molar-refractivity contribution < 1.29 is 19.1 Å². The molecule has 0 bridgehead atoms. The molecule has 0 saturated carbocycles. The summed E-state index contributed by atoms with van der Waals surface area (Å²) in [6.07, 6.45) is 1.58. The number of carbonyl (C=O) groups is 3. The highest BCUT2D eigenvalue weighted by Crippen LogP contribution is 2.32. The maximum Gasteiger partial charge on any atom is 0.294 e. The second kappa shape index (κ2) is 9.41. The molecule has 1 N–H and O–H groups in total. The summed E-state index contributed by atoms with van der Waals surface area (Å²) in [5.41, 5.74) is 1.26. The van der Waals surface area contributed by atoms with E-state index in [2.05, 4.69) is 21.2 Å². The van der Waals surface area contributed by atoms with Crippen molar-refractivity contribution in [1.29, 1.82) is 5.26 Å². The Kier molecular flexibility index (Phi) is 6.69. The molecule has 29 heavy (non-hydrogen) atoms. The zero-order valence-corrected chi connectivity index (χ0v) is 17.3. The lowest BCUT2D eigenvalue weighted by Crippen LogP contribution is -2.36. The Labute approximate surface area is 179 Å². The molecule has 0 atom stereocenters. The highest BCUT2D eigenvalue weighted by molar-refractivity contribution is 9.10. The van der Waals surface area contributed by atoms with E-state index < -0.39 is 17.1 Å². The first-order chi connectivity index (χ1) is 14.0. The van der Waals surface area contributed by atoms with Crippen molar-refractivity contribution in [3.8, 4) is 11.8 Å². The third kappa shape index (κ3) is 5.47. The van der Waals surface area contributed by atoms with E-state index in [1.807, 2.05) is 6.07 Å². The van der Waals surface area contributed by atoms with Crippen LogP contribution >= 0.6 is 27.7 Å². The Morgan fingerprint density at radius 2 is 1.86 bits per heavy atom. The zero-order chi connectivity index (χ0) is 20.8. The van der Waals surface area contributed by atoms with E-state index in [1.165, 1.54) is 0 Å². The number of anilines is 1. The molecule has 1 fully saturated rings. The fourth-order valence-electron chi connectivity index (χ4n) is 2.44. The van der Waals surface area contributed by atoms with Crippen LogP contribution in [0.1, 0.15) is 5.56 Å². The smallest absolute Gasteiger partial charge is 0.294 e. The summed E-state index contributed by atoms with van der Waals surface area (Å²) in [6, 6.07) is 15.6. The van der Waals surface area contributed by atoms with Crippen LogP contribution in [0.2, 0.25) is 0 Å². The number of amides is 3. The van der Waals surface area contributed by atoms with E-state index in [1.54, 1.807) is 54.6 Å². The summed E-state index contributed by atoms with van der Waals surface area (Å²) in [4.78, 5) is 38.1. The second-order valence-corrected chi connectivity index (χ2v) is 7.75. The molecule has 0 spiro atoms. The molecule has 1 saturated heterocycles. The van der Waals surface area contributed by atoms with Gasteiger partial charge < -0.3 is 10.1 Å². The zero-order valence-electron chi connectivity index (χ0n) is 14.9. The van der Waals surface area contributed by atoms with Gasteiger partial charge in [-0.05, 0) is 59.8 Å². The quantitative estimate of drug-likeness (QED) is 0.638. The molecule has 0 aliphatic carbocycles. The van der Waals surface area contributed by atoms with Crippen molar-refractivity contribution in [3.63, 3.8) is 0 Å². The molecule has 0 unspecified atom stereocenters. The minimum atomic E-state index is -0.518. The number of nitriles is 1. The molecule has 0 radical (unpaired) electrons. The summed E-state index contributed by atoms with van der Waals surface area (Å²) in [5.74, 6) is -0.452. The molecule has 146 valence electrons. The molecular formula is C20H14BrN3O4S. The number of nitrogens with one attached hydrogen (secondary N) is 1. The predicted octanol–water partition coefficient (Wildman–Crippen LogP) is 4.03. The lowest BCUT2D eigenvalue weighted by Gasteiger charge is -2.12. The Bertz CT molecular complexity index is 1010. The number of ether oxygens (including phenoxy) is 1. The molecular weight excluding hydrogens is 458 g/mol. The normalized spacial score (nSPS) is 14.8. The fourth-order valence-corrected chi connectivity index (χ4v) is 3.54. The lowest BCUT2D eigenvalue weighted by atomic mass is 10.2. The average molecular weight is 472 g/mol. The van der Waals surface area contributed by atoms with Gasteiger partial charge in [0.05, 0.1) is 4.91 Å². The Morgan fingerprint density at radius 1 is 1.17 bits per heavy atom. The van der Waals surface area contributed by atoms with Crippen molar-refractivity contribution in [2.75, 3.05) is 18.5 Å². The first-order valence-electron chi connectivity index (χ1n) is 8.37. The third-order valence-electron chi connectivity index (χ3n) is 3.78. The molecule has 3 rings (SSSR count). The van der Waals surface area contributed by atoms with Crippen LogP contribution in [0.4, 0.5) is 10.5 Å². The first-order valence-corrected chi connectivity index (χ1v) is 9.98. The molecule has 3 amide bonds.